The summed E-state index contributed by atoms with van der Waals surface area (Å²) in [4.78, 5) is 13.1. The van der Waals surface area contributed by atoms with Crippen LogP contribution in [0.1, 0.15) is 40.2 Å². The standard InChI is InChI=1S/C34H29FN2O3/c35-25-6-3-5-23(18-25)20-37-21-28-27(19-33(38)36-29-8-4-9-30(37)34(28)29)26-7-1-2-10-32(26)40-15-13-22-11-12-31-24(17-22)14-16-39-31/h1-12,17-18,21,27H,13-16,19-20H2,(H,36,38). The second-order valence-electron chi connectivity index (χ2n) is 10.5. The topological polar surface area (TPSA) is 52.5 Å². The second kappa shape index (κ2) is 10.2. The molecule has 40 heavy (non-hydrogen) atoms. The molecule has 1 atom stereocenters. The zero-order chi connectivity index (χ0) is 27.1. The number of halogens is 1. The molecule has 0 bridgehead atoms. The van der Waals surface area contributed by atoms with Crippen molar-refractivity contribution in [3.8, 4) is 11.5 Å². The third-order valence-electron chi connectivity index (χ3n) is 7.91. The highest BCUT2D eigenvalue weighted by atomic mass is 19.1. The van der Waals surface area contributed by atoms with Crippen LogP contribution in [0.15, 0.2) is 91.1 Å². The Morgan fingerprint density at radius 1 is 0.950 bits per heavy atom. The van der Waals surface area contributed by atoms with Gasteiger partial charge in [0.1, 0.15) is 17.3 Å². The lowest BCUT2D eigenvalue weighted by Gasteiger charge is -2.19. The molecule has 1 unspecified atom stereocenters. The van der Waals surface area contributed by atoms with E-state index >= 15 is 0 Å². The van der Waals surface area contributed by atoms with Crippen LogP contribution >= 0.6 is 0 Å². The molecule has 3 heterocycles. The number of ether oxygens (including phenoxy) is 2. The summed E-state index contributed by atoms with van der Waals surface area (Å²) in [5.41, 5.74) is 7.22. The number of carbonyl (C=O) groups excluding carboxylic acids is 1. The van der Waals surface area contributed by atoms with Crippen LogP contribution in [0, 0.1) is 5.82 Å². The highest BCUT2D eigenvalue weighted by Gasteiger charge is 2.29. The summed E-state index contributed by atoms with van der Waals surface area (Å²) in [7, 11) is 0. The quantitative estimate of drug-likeness (QED) is 0.249. The van der Waals surface area contributed by atoms with Crippen molar-refractivity contribution in [1.82, 2.24) is 4.57 Å². The van der Waals surface area contributed by atoms with Crippen LogP contribution in [-0.4, -0.2) is 23.7 Å². The molecule has 1 N–H and O–H groups in total. The summed E-state index contributed by atoms with van der Waals surface area (Å²) < 4.78 is 28.1. The lowest BCUT2D eigenvalue weighted by Crippen LogP contribution is -2.15. The fourth-order valence-electron chi connectivity index (χ4n) is 6.06. The average Bonchev–Trinajstić information content (AvgIpc) is 3.54. The van der Waals surface area contributed by atoms with E-state index in [2.05, 4.69) is 40.3 Å². The first kappa shape index (κ1) is 24.5. The van der Waals surface area contributed by atoms with Crippen molar-refractivity contribution in [2.75, 3.05) is 18.5 Å². The van der Waals surface area contributed by atoms with Gasteiger partial charge < -0.3 is 19.4 Å². The van der Waals surface area contributed by atoms with Gasteiger partial charge in [0, 0.05) is 48.9 Å². The number of benzene rings is 4. The summed E-state index contributed by atoms with van der Waals surface area (Å²) in [6.45, 7) is 1.81. The molecule has 0 spiro atoms. The van der Waals surface area contributed by atoms with E-state index in [0.717, 1.165) is 64.2 Å². The summed E-state index contributed by atoms with van der Waals surface area (Å²) in [5.74, 6) is 1.31. The van der Waals surface area contributed by atoms with Gasteiger partial charge in [0.2, 0.25) is 5.91 Å². The van der Waals surface area contributed by atoms with Crippen LogP contribution < -0.4 is 14.8 Å². The number of carbonyl (C=O) groups is 1. The maximum absolute atomic E-state index is 13.9. The van der Waals surface area contributed by atoms with E-state index in [9.17, 15) is 9.18 Å². The zero-order valence-corrected chi connectivity index (χ0v) is 22.0. The number of hydrogen-bond donors (Lipinski definition) is 1. The van der Waals surface area contributed by atoms with Crippen LogP contribution in [0.3, 0.4) is 0 Å². The third-order valence-corrected chi connectivity index (χ3v) is 7.91. The molecule has 2 aliphatic heterocycles. The first-order valence-corrected chi connectivity index (χ1v) is 13.7. The van der Waals surface area contributed by atoms with E-state index < -0.39 is 0 Å². The molecule has 200 valence electrons. The number of hydrogen-bond acceptors (Lipinski definition) is 3. The molecule has 1 amide bonds. The summed E-state index contributed by atoms with van der Waals surface area (Å²) in [6, 6.07) is 27.0. The average molecular weight is 533 g/mol. The van der Waals surface area contributed by atoms with Gasteiger partial charge >= 0.3 is 0 Å². The Morgan fingerprint density at radius 3 is 2.77 bits per heavy atom. The Kier molecular flexibility index (Phi) is 6.23. The Hall–Kier alpha value is -4.58. The molecule has 1 aromatic heterocycles. The molecule has 0 saturated heterocycles. The molecule has 0 saturated carbocycles. The van der Waals surface area contributed by atoms with E-state index in [1.165, 1.54) is 17.2 Å². The van der Waals surface area contributed by atoms with Crippen molar-refractivity contribution >= 4 is 22.5 Å². The van der Waals surface area contributed by atoms with Gasteiger partial charge in [-0.25, -0.2) is 4.39 Å². The number of nitrogens with one attached hydrogen (secondary N) is 1. The molecule has 0 radical (unpaired) electrons. The minimum absolute atomic E-state index is 0.0273. The smallest absolute Gasteiger partial charge is 0.225 e. The van der Waals surface area contributed by atoms with Gasteiger partial charge in [0.25, 0.3) is 0 Å². The van der Waals surface area contributed by atoms with Crippen molar-refractivity contribution < 1.29 is 18.7 Å². The van der Waals surface area contributed by atoms with E-state index in [1.807, 2.05) is 42.5 Å². The molecule has 5 aromatic rings. The fraction of sp³-hybridized carbons (Fsp3) is 0.206. The Morgan fingerprint density at radius 2 is 1.85 bits per heavy atom. The molecule has 7 rings (SSSR count). The minimum Gasteiger partial charge on any atom is -0.493 e. The van der Waals surface area contributed by atoms with Gasteiger partial charge in [-0.15, -0.1) is 0 Å². The van der Waals surface area contributed by atoms with Crippen molar-refractivity contribution in [2.45, 2.75) is 31.7 Å². The summed E-state index contributed by atoms with van der Waals surface area (Å²) in [6.07, 6.45) is 4.15. The van der Waals surface area contributed by atoms with Gasteiger partial charge in [-0.05, 0) is 58.7 Å². The number of anilines is 1. The predicted octanol–water partition coefficient (Wildman–Crippen LogP) is 6.86. The SMILES string of the molecule is O=C1CC(c2ccccc2OCCc2ccc3c(c2)CCO3)c2cn(Cc3cccc(F)c3)c3cccc(c23)N1. The second-order valence-corrected chi connectivity index (χ2v) is 10.5. The maximum atomic E-state index is 13.9. The van der Waals surface area contributed by atoms with Crippen molar-refractivity contribution in [2.24, 2.45) is 0 Å². The van der Waals surface area contributed by atoms with Gasteiger partial charge in [0.15, 0.2) is 0 Å². The Labute approximate surface area is 232 Å². The summed E-state index contributed by atoms with van der Waals surface area (Å²) >= 11 is 0. The number of amides is 1. The number of nitrogens with zero attached hydrogens (tertiary/aromatic N) is 1. The first-order valence-electron chi connectivity index (χ1n) is 13.7. The Balaban J connectivity index is 1.22. The van der Waals surface area contributed by atoms with Gasteiger partial charge in [-0.3, -0.25) is 4.79 Å². The van der Waals surface area contributed by atoms with Crippen LogP contribution in [-0.2, 0) is 24.2 Å². The summed E-state index contributed by atoms with van der Waals surface area (Å²) in [5, 5.41) is 4.13. The molecule has 0 aliphatic carbocycles. The third kappa shape index (κ3) is 4.60. The highest BCUT2D eigenvalue weighted by Crippen LogP contribution is 2.43. The predicted molar refractivity (Wildman–Crippen MR) is 154 cm³/mol. The molecular formula is C34H29FN2O3. The van der Waals surface area contributed by atoms with E-state index in [0.29, 0.717) is 19.6 Å². The normalized spacial score (nSPS) is 15.8. The number of aromatic nitrogens is 1. The van der Waals surface area contributed by atoms with Gasteiger partial charge in [-0.1, -0.05) is 48.5 Å². The zero-order valence-electron chi connectivity index (χ0n) is 22.0. The van der Waals surface area contributed by atoms with Crippen LogP contribution in [0.5, 0.6) is 11.5 Å². The number of para-hydroxylation sites is 1. The monoisotopic (exact) mass is 532 g/mol. The fourth-order valence-corrected chi connectivity index (χ4v) is 6.06. The lowest BCUT2D eigenvalue weighted by molar-refractivity contribution is -0.116. The van der Waals surface area contributed by atoms with Crippen molar-refractivity contribution in [1.29, 1.82) is 0 Å². The van der Waals surface area contributed by atoms with Crippen molar-refractivity contribution in [3.05, 3.63) is 125 Å². The molecule has 0 fully saturated rings. The van der Waals surface area contributed by atoms with Gasteiger partial charge in [-0.2, -0.15) is 0 Å². The van der Waals surface area contributed by atoms with Crippen molar-refractivity contribution in [3.63, 3.8) is 0 Å². The highest BCUT2D eigenvalue weighted by molar-refractivity contribution is 6.06. The van der Waals surface area contributed by atoms with E-state index in [1.54, 1.807) is 12.1 Å². The minimum atomic E-state index is -0.250. The van der Waals surface area contributed by atoms with E-state index in [-0.39, 0.29) is 17.6 Å². The number of fused-ring (bicyclic) bond motifs is 1. The maximum Gasteiger partial charge on any atom is 0.225 e. The Bertz CT molecular complexity index is 1740. The lowest BCUT2D eigenvalue weighted by atomic mass is 9.88. The van der Waals surface area contributed by atoms with E-state index in [4.69, 9.17) is 9.47 Å². The largest absolute Gasteiger partial charge is 0.493 e. The molecule has 5 nitrogen and oxygen atoms in total. The molecular weight excluding hydrogens is 503 g/mol. The molecule has 6 heteroatoms. The molecule has 2 aliphatic rings. The number of rotatable bonds is 7. The van der Waals surface area contributed by atoms with Gasteiger partial charge in [0.05, 0.1) is 24.4 Å². The molecule has 4 aromatic carbocycles. The van der Waals surface area contributed by atoms with Crippen LogP contribution in [0.2, 0.25) is 0 Å². The van der Waals surface area contributed by atoms with Crippen LogP contribution in [0.25, 0.3) is 10.9 Å². The first-order chi connectivity index (χ1) is 19.6. The van der Waals surface area contributed by atoms with Crippen LogP contribution in [0.4, 0.5) is 10.1 Å².